The summed E-state index contributed by atoms with van der Waals surface area (Å²) in [4.78, 5) is 18.1. The number of hydrogen-bond acceptors (Lipinski definition) is 2. The van der Waals surface area contributed by atoms with Crippen LogP contribution in [0.5, 0.6) is 0 Å². The van der Waals surface area contributed by atoms with Crippen LogP contribution < -0.4 is 0 Å². The molecular formula is C21H24N2O. The lowest BCUT2D eigenvalue weighted by atomic mass is 10.1. The largest absolute Gasteiger partial charge is 0.359 e. The maximum Gasteiger partial charge on any atom is 0.145 e. The molecule has 0 saturated carbocycles. The highest BCUT2D eigenvalue weighted by Crippen LogP contribution is 2.18. The van der Waals surface area contributed by atoms with E-state index in [1.807, 2.05) is 67.7 Å². The maximum atomic E-state index is 11.1. The highest BCUT2D eigenvalue weighted by molar-refractivity contribution is 6.02. The number of aliphatic imine (C=N–C) groups is 1. The quantitative estimate of drug-likeness (QED) is 0.328. The van der Waals surface area contributed by atoms with Gasteiger partial charge in [-0.3, -0.25) is 4.79 Å². The Labute approximate surface area is 144 Å². The van der Waals surface area contributed by atoms with Crippen LogP contribution in [0.1, 0.15) is 30.9 Å². The van der Waals surface area contributed by atoms with E-state index in [4.69, 9.17) is 4.99 Å². The summed E-state index contributed by atoms with van der Waals surface area (Å²) in [7, 11) is 2.05. The van der Waals surface area contributed by atoms with Gasteiger partial charge in [-0.15, -0.1) is 0 Å². The van der Waals surface area contributed by atoms with Gasteiger partial charge < -0.3 is 4.90 Å². The second kappa shape index (κ2) is 9.46. The summed E-state index contributed by atoms with van der Waals surface area (Å²) in [5, 5.41) is 0. The van der Waals surface area contributed by atoms with Gasteiger partial charge in [0.05, 0.1) is 5.70 Å². The van der Waals surface area contributed by atoms with Gasteiger partial charge in [0, 0.05) is 30.8 Å². The van der Waals surface area contributed by atoms with E-state index in [0.29, 0.717) is 5.70 Å². The standard InChI is InChI=1S/C21H24N2O/c1-3-4-16-23(2)21(19-13-9-6-10-14-19)22-20(15-17-24)18-11-7-5-8-12-18/h5-15,17H,3-4,16H2,1-2H3/b20-15+,22-21?. The molecule has 0 aliphatic rings. The van der Waals surface area contributed by atoms with E-state index in [9.17, 15) is 4.79 Å². The van der Waals surface area contributed by atoms with E-state index in [2.05, 4.69) is 11.8 Å². The molecule has 0 spiro atoms. The van der Waals surface area contributed by atoms with Crippen LogP contribution in [0.2, 0.25) is 0 Å². The van der Waals surface area contributed by atoms with Gasteiger partial charge in [0.15, 0.2) is 0 Å². The molecule has 0 aliphatic heterocycles. The molecule has 2 aromatic rings. The van der Waals surface area contributed by atoms with E-state index < -0.39 is 0 Å². The van der Waals surface area contributed by atoms with Crippen LogP contribution in [-0.2, 0) is 4.79 Å². The van der Waals surface area contributed by atoms with Gasteiger partial charge in [-0.2, -0.15) is 0 Å². The van der Waals surface area contributed by atoms with Crippen molar-refractivity contribution in [3.8, 4) is 0 Å². The van der Waals surface area contributed by atoms with Crippen molar-refractivity contribution in [3.05, 3.63) is 77.9 Å². The van der Waals surface area contributed by atoms with Crippen LogP contribution in [0.4, 0.5) is 0 Å². The summed E-state index contributed by atoms with van der Waals surface area (Å²) in [5.74, 6) is 0.876. The van der Waals surface area contributed by atoms with Crippen molar-refractivity contribution in [1.82, 2.24) is 4.90 Å². The molecule has 0 bridgehead atoms. The van der Waals surface area contributed by atoms with Crippen LogP contribution in [0.3, 0.4) is 0 Å². The van der Waals surface area contributed by atoms with Crippen LogP contribution in [0, 0.1) is 0 Å². The minimum Gasteiger partial charge on any atom is -0.359 e. The number of benzene rings is 2. The van der Waals surface area contributed by atoms with Crippen molar-refractivity contribution >= 4 is 17.8 Å². The normalized spacial score (nSPS) is 12.1. The summed E-state index contributed by atoms with van der Waals surface area (Å²) in [6, 6.07) is 19.9. The Morgan fingerprint density at radius 2 is 1.58 bits per heavy atom. The van der Waals surface area contributed by atoms with Crippen molar-refractivity contribution in [3.63, 3.8) is 0 Å². The molecule has 3 nitrogen and oxygen atoms in total. The Morgan fingerprint density at radius 1 is 1.00 bits per heavy atom. The molecule has 24 heavy (non-hydrogen) atoms. The third-order valence-electron chi connectivity index (χ3n) is 3.76. The van der Waals surface area contributed by atoms with Crippen LogP contribution in [0.25, 0.3) is 5.70 Å². The van der Waals surface area contributed by atoms with Gasteiger partial charge in [-0.05, 0) is 6.42 Å². The average molecular weight is 320 g/mol. The zero-order valence-electron chi connectivity index (χ0n) is 14.4. The molecule has 0 aliphatic carbocycles. The van der Waals surface area contributed by atoms with Crippen LogP contribution >= 0.6 is 0 Å². The molecule has 0 N–H and O–H groups in total. The summed E-state index contributed by atoms with van der Waals surface area (Å²) in [6.45, 7) is 3.10. The third kappa shape index (κ3) is 4.92. The van der Waals surface area contributed by atoms with Crippen LogP contribution in [0.15, 0.2) is 71.7 Å². The van der Waals surface area contributed by atoms with Gasteiger partial charge in [-0.1, -0.05) is 74.0 Å². The average Bonchev–Trinajstić information content (AvgIpc) is 2.64. The number of carbonyl (C=O) groups is 1. The minimum atomic E-state index is 0.674. The molecule has 124 valence electrons. The predicted octanol–water partition coefficient (Wildman–Crippen LogP) is 4.41. The maximum absolute atomic E-state index is 11.1. The van der Waals surface area contributed by atoms with Crippen molar-refractivity contribution in [2.45, 2.75) is 19.8 Å². The molecule has 0 radical (unpaired) electrons. The van der Waals surface area contributed by atoms with E-state index in [1.54, 1.807) is 0 Å². The number of allylic oxidation sites excluding steroid dienone is 1. The molecule has 0 fully saturated rings. The summed E-state index contributed by atoms with van der Waals surface area (Å²) < 4.78 is 0. The molecule has 2 rings (SSSR count). The summed E-state index contributed by atoms with van der Waals surface area (Å²) in [6.07, 6.45) is 4.54. The molecule has 3 heteroatoms. The second-order valence-electron chi connectivity index (χ2n) is 5.63. The molecule has 0 aromatic heterocycles. The first kappa shape index (κ1) is 17.7. The fraction of sp³-hybridized carbons (Fsp3) is 0.238. The Bertz CT molecular complexity index is 690. The number of amidine groups is 1. The fourth-order valence-electron chi connectivity index (χ4n) is 2.44. The molecule has 0 amide bonds. The summed E-state index contributed by atoms with van der Waals surface area (Å²) in [5.41, 5.74) is 2.65. The molecule has 0 saturated heterocycles. The Morgan fingerprint density at radius 3 is 2.12 bits per heavy atom. The van der Waals surface area contributed by atoms with Crippen molar-refractivity contribution in [1.29, 1.82) is 0 Å². The minimum absolute atomic E-state index is 0.674. The van der Waals surface area contributed by atoms with Gasteiger partial charge in [0.2, 0.25) is 0 Å². The van der Waals surface area contributed by atoms with E-state index in [0.717, 1.165) is 42.6 Å². The Kier molecular flexibility index (Phi) is 6.96. The number of aldehydes is 1. The predicted molar refractivity (Wildman–Crippen MR) is 101 cm³/mol. The molecular weight excluding hydrogens is 296 g/mol. The topological polar surface area (TPSA) is 32.7 Å². The molecule has 0 atom stereocenters. The number of nitrogens with zero attached hydrogens (tertiary/aromatic N) is 2. The van der Waals surface area contributed by atoms with E-state index >= 15 is 0 Å². The van der Waals surface area contributed by atoms with Crippen LogP contribution in [-0.4, -0.2) is 30.6 Å². The third-order valence-corrected chi connectivity index (χ3v) is 3.76. The zero-order chi connectivity index (χ0) is 17.2. The van der Waals surface area contributed by atoms with Crippen molar-refractivity contribution in [2.24, 2.45) is 4.99 Å². The first-order valence-electron chi connectivity index (χ1n) is 8.32. The highest BCUT2D eigenvalue weighted by atomic mass is 16.1. The second-order valence-corrected chi connectivity index (χ2v) is 5.63. The molecule has 0 unspecified atom stereocenters. The first-order valence-corrected chi connectivity index (χ1v) is 8.32. The number of carbonyl (C=O) groups excluding carboxylic acids is 1. The first-order chi connectivity index (χ1) is 11.8. The SMILES string of the molecule is CCCCN(C)C(=N/C(=C/C=O)c1ccccc1)c1ccccc1. The number of hydrogen-bond donors (Lipinski definition) is 0. The van der Waals surface area contributed by atoms with Gasteiger partial charge in [-0.25, -0.2) is 4.99 Å². The Hall–Kier alpha value is -2.68. The van der Waals surface area contributed by atoms with Crippen molar-refractivity contribution < 1.29 is 4.79 Å². The zero-order valence-corrected chi connectivity index (χ0v) is 14.4. The molecule has 0 heterocycles. The fourth-order valence-corrected chi connectivity index (χ4v) is 2.44. The lowest BCUT2D eigenvalue weighted by molar-refractivity contribution is -0.104. The van der Waals surface area contributed by atoms with Gasteiger partial charge >= 0.3 is 0 Å². The van der Waals surface area contributed by atoms with Gasteiger partial charge in [0.1, 0.15) is 12.1 Å². The lowest BCUT2D eigenvalue weighted by Gasteiger charge is -2.22. The van der Waals surface area contributed by atoms with E-state index in [1.165, 1.54) is 6.08 Å². The molecule has 2 aromatic carbocycles. The Balaban J connectivity index is 2.45. The number of unbranched alkanes of at least 4 members (excludes halogenated alkanes) is 1. The lowest BCUT2D eigenvalue weighted by Crippen LogP contribution is -2.28. The smallest absolute Gasteiger partial charge is 0.145 e. The number of rotatable bonds is 7. The van der Waals surface area contributed by atoms with Gasteiger partial charge in [0.25, 0.3) is 0 Å². The van der Waals surface area contributed by atoms with Crippen molar-refractivity contribution in [2.75, 3.05) is 13.6 Å². The highest BCUT2D eigenvalue weighted by Gasteiger charge is 2.11. The monoisotopic (exact) mass is 320 g/mol. The van der Waals surface area contributed by atoms with E-state index in [-0.39, 0.29) is 0 Å². The summed E-state index contributed by atoms with van der Waals surface area (Å²) >= 11 is 0.